The molecule has 2 heterocycles. The first-order chi connectivity index (χ1) is 13.2. The molecule has 1 aromatic carbocycles. The van der Waals surface area contributed by atoms with Gasteiger partial charge in [-0.1, -0.05) is 36.6 Å². The number of rotatable bonds is 5. The third-order valence-electron chi connectivity index (χ3n) is 6.69. The van der Waals surface area contributed by atoms with Crippen molar-refractivity contribution < 1.29 is 9.53 Å². The molecule has 3 fully saturated rings. The molecule has 0 spiro atoms. The van der Waals surface area contributed by atoms with E-state index in [0.29, 0.717) is 12.5 Å². The first-order valence-corrected chi connectivity index (χ1v) is 10.6. The Morgan fingerprint density at radius 3 is 2.85 bits per heavy atom. The van der Waals surface area contributed by atoms with Crippen LogP contribution in [0.1, 0.15) is 37.3 Å². The maximum Gasteiger partial charge on any atom is 0.227 e. The SMILES string of the molecule is O=C(NCC(c1ccc(Cl)cc1)N1CCOCC1)[C@@]12CCCC[C@H]1CNC2. The molecule has 3 aliphatic rings. The number of hydrogen-bond donors (Lipinski definition) is 2. The van der Waals surface area contributed by atoms with Gasteiger partial charge in [0.05, 0.1) is 24.7 Å². The van der Waals surface area contributed by atoms with E-state index in [1.807, 2.05) is 12.1 Å². The van der Waals surface area contributed by atoms with E-state index in [4.69, 9.17) is 16.3 Å². The summed E-state index contributed by atoms with van der Waals surface area (Å²) < 4.78 is 5.52. The van der Waals surface area contributed by atoms with Crippen LogP contribution in [0.3, 0.4) is 0 Å². The average molecular weight is 392 g/mol. The molecule has 1 aromatic rings. The number of carbonyl (C=O) groups is 1. The molecule has 2 saturated heterocycles. The summed E-state index contributed by atoms with van der Waals surface area (Å²) in [5.74, 6) is 0.730. The number of halogens is 1. The van der Waals surface area contributed by atoms with E-state index in [0.717, 1.165) is 57.3 Å². The van der Waals surface area contributed by atoms with Crippen LogP contribution in [0.15, 0.2) is 24.3 Å². The largest absolute Gasteiger partial charge is 0.379 e. The highest BCUT2D eigenvalue weighted by Gasteiger charge is 2.49. The Morgan fingerprint density at radius 1 is 1.30 bits per heavy atom. The van der Waals surface area contributed by atoms with Crippen molar-refractivity contribution in [1.82, 2.24) is 15.5 Å². The molecule has 4 rings (SSSR count). The van der Waals surface area contributed by atoms with Crippen LogP contribution in [-0.2, 0) is 9.53 Å². The van der Waals surface area contributed by atoms with E-state index >= 15 is 0 Å². The van der Waals surface area contributed by atoms with Crippen molar-refractivity contribution in [3.63, 3.8) is 0 Å². The van der Waals surface area contributed by atoms with Gasteiger partial charge in [-0.3, -0.25) is 9.69 Å². The van der Waals surface area contributed by atoms with Crippen molar-refractivity contribution in [3.05, 3.63) is 34.9 Å². The molecule has 1 aliphatic carbocycles. The van der Waals surface area contributed by atoms with Crippen molar-refractivity contribution in [1.29, 1.82) is 0 Å². The summed E-state index contributed by atoms with van der Waals surface area (Å²) in [5.41, 5.74) is 0.997. The molecule has 0 bridgehead atoms. The summed E-state index contributed by atoms with van der Waals surface area (Å²) in [6, 6.07) is 8.18. The molecule has 1 amide bonds. The van der Waals surface area contributed by atoms with Gasteiger partial charge in [-0.05, 0) is 43.0 Å². The van der Waals surface area contributed by atoms with Gasteiger partial charge in [-0.25, -0.2) is 0 Å². The van der Waals surface area contributed by atoms with Gasteiger partial charge in [0.15, 0.2) is 0 Å². The lowest BCUT2D eigenvalue weighted by molar-refractivity contribution is -0.134. The van der Waals surface area contributed by atoms with Crippen LogP contribution >= 0.6 is 11.6 Å². The van der Waals surface area contributed by atoms with E-state index in [-0.39, 0.29) is 17.4 Å². The Morgan fingerprint density at radius 2 is 2.07 bits per heavy atom. The molecule has 2 N–H and O–H groups in total. The third kappa shape index (κ3) is 4.02. The second-order valence-electron chi connectivity index (χ2n) is 8.16. The normalized spacial score (nSPS) is 29.9. The Balaban J connectivity index is 1.48. The molecule has 27 heavy (non-hydrogen) atoms. The highest BCUT2D eigenvalue weighted by atomic mass is 35.5. The fraction of sp³-hybridized carbons (Fsp3) is 0.667. The van der Waals surface area contributed by atoms with Gasteiger partial charge >= 0.3 is 0 Å². The summed E-state index contributed by atoms with van der Waals surface area (Å²) in [4.78, 5) is 15.7. The molecule has 0 aromatic heterocycles. The quantitative estimate of drug-likeness (QED) is 0.810. The second-order valence-corrected chi connectivity index (χ2v) is 8.59. The molecule has 2 aliphatic heterocycles. The number of fused-ring (bicyclic) bond motifs is 1. The highest BCUT2D eigenvalue weighted by Crippen LogP contribution is 2.44. The van der Waals surface area contributed by atoms with E-state index in [9.17, 15) is 4.79 Å². The zero-order valence-corrected chi connectivity index (χ0v) is 16.6. The number of benzene rings is 1. The van der Waals surface area contributed by atoms with Crippen molar-refractivity contribution in [2.75, 3.05) is 45.9 Å². The Bertz CT molecular complexity index is 647. The van der Waals surface area contributed by atoms with Crippen molar-refractivity contribution in [2.24, 2.45) is 11.3 Å². The number of nitrogens with one attached hydrogen (secondary N) is 2. The van der Waals surface area contributed by atoms with E-state index in [1.54, 1.807) is 0 Å². The Hall–Kier alpha value is -1.14. The minimum atomic E-state index is -0.201. The van der Waals surface area contributed by atoms with Gasteiger partial charge in [-0.2, -0.15) is 0 Å². The lowest BCUT2D eigenvalue weighted by Crippen LogP contribution is -2.50. The van der Waals surface area contributed by atoms with E-state index < -0.39 is 0 Å². The summed E-state index contributed by atoms with van der Waals surface area (Å²) in [6.45, 7) is 5.71. The standard InChI is InChI=1S/C21H30ClN3O2/c22-18-6-4-16(5-7-18)19(25-9-11-27-12-10-25)14-24-20(26)21-8-2-1-3-17(21)13-23-15-21/h4-7,17,19,23H,1-3,8-15H2,(H,24,26)/t17-,19?,21+/m0/s1. The summed E-state index contributed by atoms with van der Waals surface area (Å²) in [6.07, 6.45) is 4.60. The van der Waals surface area contributed by atoms with Gasteiger partial charge in [0.25, 0.3) is 0 Å². The van der Waals surface area contributed by atoms with Crippen LogP contribution in [0.2, 0.25) is 5.02 Å². The van der Waals surface area contributed by atoms with Crippen LogP contribution < -0.4 is 10.6 Å². The lowest BCUT2D eigenvalue weighted by atomic mass is 9.67. The molecular formula is C21H30ClN3O2. The van der Waals surface area contributed by atoms with Crippen molar-refractivity contribution in [2.45, 2.75) is 31.7 Å². The minimum absolute atomic E-state index is 0.155. The first kappa shape index (κ1) is 19.2. The van der Waals surface area contributed by atoms with E-state index in [1.165, 1.54) is 18.4 Å². The fourth-order valence-corrected chi connectivity index (χ4v) is 5.21. The molecule has 5 nitrogen and oxygen atoms in total. The first-order valence-electron chi connectivity index (χ1n) is 10.3. The Kier molecular flexibility index (Phi) is 6.02. The van der Waals surface area contributed by atoms with Gasteiger partial charge in [0.1, 0.15) is 0 Å². The summed E-state index contributed by atoms with van der Waals surface area (Å²) >= 11 is 6.08. The molecule has 6 heteroatoms. The number of morpholine rings is 1. The zero-order chi connectivity index (χ0) is 18.7. The van der Waals surface area contributed by atoms with E-state index in [2.05, 4.69) is 27.7 Å². The van der Waals surface area contributed by atoms with Gasteiger partial charge in [-0.15, -0.1) is 0 Å². The third-order valence-corrected chi connectivity index (χ3v) is 6.94. The number of nitrogens with zero attached hydrogens (tertiary/aromatic N) is 1. The van der Waals surface area contributed by atoms with Gasteiger partial charge in [0, 0.05) is 31.2 Å². The number of carbonyl (C=O) groups excluding carboxylic acids is 1. The summed E-state index contributed by atoms with van der Waals surface area (Å²) in [5, 5.41) is 7.54. The highest BCUT2D eigenvalue weighted by molar-refractivity contribution is 6.30. The monoisotopic (exact) mass is 391 g/mol. The average Bonchev–Trinajstić information content (AvgIpc) is 3.15. The minimum Gasteiger partial charge on any atom is -0.379 e. The molecular weight excluding hydrogens is 362 g/mol. The number of amides is 1. The van der Waals surface area contributed by atoms with Crippen LogP contribution in [0, 0.1) is 11.3 Å². The lowest BCUT2D eigenvalue weighted by Gasteiger charge is -2.39. The van der Waals surface area contributed by atoms with Gasteiger partial charge in [0.2, 0.25) is 5.91 Å². The maximum atomic E-state index is 13.3. The number of ether oxygens (including phenoxy) is 1. The smallest absolute Gasteiger partial charge is 0.227 e. The Labute approximate surface area is 166 Å². The van der Waals surface area contributed by atoms with Gasteiger partial charge < -0.3 is 15.4 Å². The van der Waals surface area contributed by atoms with Crippen LogP contribution in [0.4, 0.5) is 0 Å². The molecule has 1 saturated carbocycles. The fourth-order valence-electron chi connectivity index (χ4n) is 5.09. The topological polar surface area (TPSA) is 53.6 Å². The molecule has 0 radical (unpaired) electrons. The second kappa shape index (κ2) is 8.48. The van der Waals surface area contributed by atoms with Crippen molar-refractivity contribution in [3.8, 4) is 0 Å². The zero-order valence-electron chi connectivity index (χ0n) is 15.9. The molecule has 148 valence electrons. The predicted octanol–water partition coefficient (Wildman–Crippen LogP) is 2.61. The molecule has 3 atom stereocenters. The number of hydrogen-bond acceptors (Lipinski definition) is 4. The maximum absolute atomic E-state index is 13.3. The van der Waals surface area contributed by atoms with Crippen LogP contribution in [0.25, 0.3) is 0 Å². The summed E-state index contributed by atoms with van der Waals surface area (Å²) in [7, 11) is 0. The predicted molar refractivity (Wildman–Crippen MR) is 107 cm³/mol. The van der Waals surface area contributed by atoms with Crippen molar-refractivity contribution >= 4 is 17.5 Å². The molecule has 1 unspecified atom stereocenters. The van der Waals surface area contributed by atoms with Crippen LogP contribution in [0.5, 0.6) is 0 Å². The van der Waals surface area contributed by atoms with Crippen LogP contribution in [-0.4, -0.2) is 56.7 Å².